The molecule has 6 heteroatoms. The number of halogens is 1. The predicted octanol–water partition coefficient (Wildman–Crippen LogP) is 3.71. The summed E-state index contributed by atoms with van der Waals surface area (Å²) >= 11 is 7.95. The first-order valence-corrected chi connectivity index (χ1v) is 7.97. The van der Waals surface area contributed by atoms with Gasteiger partial charge in [0.1, 0.15) is 0 Å². The predicted molar refractivity (Wildman–Crippen MR) is 86.8 cm³/mol. The Hall–Kier alpha value is -1.30. The Morgan fingerprint density at radius 3 is 2.71 bits per heavy atom. The van der Waals surface area contributed by atoms with Gasteiger partial charge in [0.2, 0.25) is 0 Å². The van der Waals surface area contributed by atoms with Crippen LogP contribution >= 0.6 is 22.9 Å². The van der Waals surface area contributed by atoms with E-state index in [4.69, 9.17) is 21.1 Å². The van der Waals surface area contributed by atoms with Crippen molar-refractivity contribution in [1.29, 1.82) is 0 Å². The van der Waals surface area contributed by atoms with Gasteiger partial charge in [-0.3, -0.25) is 4.98 Å². The van der Waals surface area contributed by atoms with Crippen LogP contribution in [0.4, 0.5) is 0 Å². The fraction of sp³-hybridized carbons (Fsp3) is 0.400. The number of aromatic nitrogens is 1. The summed E-state index contributed by atoms with van der Waals surface area (Å²) in [6.07, 6.45) is 2.77. The van der Waals surface area contributed by atoms with E-state index >= 15 is 0 Å². The molecule has 0 aliphatic carbocycles. The van der Waals surface area contributed by atoms with Crippen LogP contribution in [-0.4, -0.2) is 25.7 Å². The fourth-order valence-electron chi connectivity index (χ4n) is 2.24. The van der Waals surface area contributed by atoms with E-state index in [9.17, 15) is 0 Å². The minimum atomic E-state index is 0.160. The maximum Gasteiger partial charge on any atom is 0.179 e. The lowest BCUT2D eigenvalue weighted by molar-refractivity contribution is 0.354. The molecule has 0 spiro atoms. The smallest absolute Gasteiger partial charge is 0.179 e. The van der Waals surface area contributed by atoms with Crippen molar-refractivity contribution in [2.24, 2.45) is 0 Å². The number of thiazole rings is 1. The number of nitrogens with one attached hydrogen (secondary N) is 1. The number of ether oxygens (including phenoxy) is 2. The number of likely N-dealkylation sites (N-methyl/N-ethyl adjacent to an activating group) is 1. The summed E-state index contributed by atoms with van der Waals surface area (Å²) in [6.45, 7) is 2.96. The van der Waals surface area contributed by atoms with Crippen molar-refractivity contribution in [2.45, 2.75) is 19.4 Å². The molecule has 0 radical (unpaired) electrons. The van der Waals surface area contributed by atoms with Crippen molar-refractivity contribution in [2.75, 3.05) is 20.8 Å². The van der Waals surface area contributed by atoms with Gasteiger partial charge in [0.05, 0.1) is 24.8 Å². The molecule has 1 heterocycles. The number of hydrogen-bond acceptors (Lipinski definition) is 5. The summed E-state index contributed by atoms with van der Waals surface area (Å²) in [6, 6.07) is 4.06. The van der Waals surface area contributed by atoms with Crippen LogP contribution in [0.5, 0.6) is 11.5 Å². The molecule has 0 fully saturated rings. The summed E-state index contributed by atoms with van der Waals surface area (Å²) < 4.78 is 10.7. The molecule has 0 saturated heterocycles. The monoisotopic (exact) mass is 326 g/mol. The van der Waals surface area contributed by atoms with Gasteiger partial charge < -0.3 is 14.8 Å². The van der Waals surface area contributed by atoms with E-state index in [0.717, 1.165) is 18.5 Å². The first kappa shape index (κ1) is 16.1. The largest absolute Gasteiger partial charge is 0.493 e. The van der Waals surface area contributed by atoms with E-state index in [2.05, 4.69) is 17.2 Å². The molecule has 0 amide bonds. The van der Waals surface area contributed by atoms with E-state index in [1.807, 2.05) is 23.8 Å². The number of methoxy groups -OCH3 is 2. The van der Waals surface area contributed by atoms with Crippen molar-refractivity contribution < 1.29 is 9.47 Å². The van der Waals surface area contributed by atoms with Gasteiger partial charge in [-0.15, -0.1) is 11.3 Å². The SMILES string of the molecule is CCNC(Cc1cncs1)c1cc(Cl)c(OC)c(OC)c1. The molecule has 2 rings (SSSR count). The maximum absolute atomic E-state index is 6.30. The Kier molecular flexibility index (Phi) is 5.85. The Labute approximate surface area is 134 Å². The van der Waals surface area contributed by atoms with Gasteiger partial charge >= 0.3 is 0 Å². The van der Waals surface area contributed by atoms with Crippen LogP contribution in [0, 0.1) is 0 Å². The van der Waals surface area contributed by atoms with Gasteiger partial charge in [0, 0.05) is 23.5 Å². The zero-order valence-electron chi connectivity index (χ0n) is 12.4. The first-order chi connectivity index (χ1) is 10.2. The molecule has 0 bridgehead atoms. The molecule has 0 aliphatic rings. The third kappa shape index (κ3) is 3.87. The molecular formula is C15H19ClN2O2S. The van der Waals surface area contributed by atoms with Crippen LogP contribution in [0.25, 0.3) is 0 Å². The maximum atomic E-state index is 6.30. The van der Waals surface area contributed by atoms with Crippen molar-refractivity contribution in [3.63, 3.8) is 0 Å². The van der Waals surface area contributed by atoms with Gasteiger partial charge in [-0.1, -0.05) is 18.5 Å². The molecule has 1 aromatic carbocycles. The van der Waals surface area contributed by atoms with Crippen molar-refractivity contribution in [3.8, 4) is 11.5 Å². The van der Waals surface area contributed by atoms with Crippen LogP contribution in [0.2, 0.25) is 5.02 Å². The van der Waals surface area contributed by atoms with Crippen LogP contribution in [0.3, 0.4) is 0 Å². The molecule has 114 valence electrons. The second-order valence-corrected chi connectivity index (χ2v) is 5.90. The van der Waals surface area contributed by atoms with Crippen molar-refractivity contribution >= 4 is 22.9 Å². The Morgan fingerprint density at radius 2 is 2.14 bits per heavy atom. The Balaban J connectivity index is 2.33. The summed E-state index contributed by atoms with van der Waals surface area (Å²) in [5, 5.41) is 4.03. The number of hydrogen-bond donors (Lipinski definition) is 1. The second kappa shape index (κ2) is 7.64. The normalized spacial score (nSPS) is 12.2. The van der Waals surface area contributed by atoms with E-state index in [1.165, 1.54) is 4.88 Å². The summed E-state index contributed by atoms with van der Waals surface area (Å²) in [5.41, 5.74) is 2.92. The Bertz CT molecular complexity index is 575. The highest BCUT2D eigenvalue weighted by molar-refractivity contribution is 7.09. The molecule has 2 aromatic rings. The van der Waals surface area contributed by atoms with Crippen molar-refractivity contribution in [3.05, 3.63) is 39.3 Å². The average molecular weight is 327 g/mol. The van der Waals surface area contributed by atoms with Crippen LogP contribution in [0.15, 0.2) is 23.8 Å². The zero-order valence-corrected chi connectivity index (χ0v) is 13.9. The lowest BCUT2D eigenvalue weighted by Gasteiger charge is -2.20. The molecule has 21 heavy (non-hydrogen) atoms. The highest BCUT2D eigenvalue weighted by Gasteiger charge is 2.17. The van der Waals surface area contributed by atoms with Crippen LogP contribution < -0.4 is 14.8 Å². The lowest BCUT2D eigenvalue weighted by atomic mass is 10.0. The van der Waals surface area contributed by atoms with Gasteiger partial charge in [0.25, 0.3) is 0 Å². The summed E-state index contributed by atoms with van der Waals surface area (Å²) in [7, 11) is 3.20. The average Bonchev–Trinajstić information content (AvgIpc) is 2.99. The van der Waals surface area contributed by atoms with Gasteiger partial charge in [-0.2, -0.15) is 0 Å². The third-order valence-electron chi connectivity index (χ3n) is 3.20. The molecule has 4 nitrogen and oxygen atoms in total. The van der Waals surface area contributed by atoms with E-state index in [-0.39, 0.29) is 6.04 Å². The first-order valence-electron chi connectivity index (χ1n) is 6.71. The highest BCUT2D eigenvalue weighted by atomic mass is 35.5. The summed E-state index contributed by atoms with van der Waals surface area (Å²) in [4.78, 5) is 5.36. The zero-order chi connectivity index (χ0) is 15.2. The number of nitrogens with zero attached hydrogens (tertiary/aromatic N) is 1. The standard InChI is InChI=1S/C15H19ClN2O2S/c1-4-18-13(7-11-8-17-9-21-11)10-5-12(16)15(20-3)14(6-10)19-2/h5-6,8-9,13,18H,4,7H2,1-3H3. The minimum Gasteiger partial charge on any atom is -0.493 e. The quantitative estimate of drug-likeness (QED) is 0.842. The minimum absolute atomic E-state index is 0.160. The molecular weight excluding hydrogens is 308 g/mol. The molecule has 1 aromatic heterocycles. The molecule has 1 unspecified atom stereocenters. The van der Waals surface area contributed by atoms with Gasteiger partial charge in [0.15, 0.2) is 11.5 Å². The lowest BCUT2D eigenvalue weighted by Crippen LogP contribution is -2.22. The topological polar surface area (TPSA) is 43.4 Å². The van der Waals surface area contributed by atoms with Gasteiger partial charge in [-0.05, 0) is 24.2 Å². The van der Waals surface area contributed by atoms with E-state index in [0.29, 0.717) is 16.5 Å². The van der Waals surface area contributed by atoms with Gasteiger partial charge in [-0.25, -0.2) is 0 Å². The number of benzene rings is 1. The van der Waals surface area contributed by atoms with Crippen LogP contribution in [0.1, 0.15) is 23.4 Å². The van der Waals surface area contributed by atoms with E-state index in [1.54, 1.807) is 25.6 Å². The molecule has 1 atom stereocenters. The fourth-order valence-corrected chi connectivity index (χ4v) is 3.18. The molecule has 0 aliphatic heterocycles. The van der Waals surface area contributed by atoms with Crippen molar-refractivity contribution in [1.82, 2.24) is 10.3 Å². The number of rotatable bonds is 7. The molecule has 0 saturated carbocycles. The van der Waals surface area contributed by atoms with E-state index < -0.39 is 0 Å². The third-order valence-corrected chi connectivity index (χ3v) is 4.28. The second-order valence-electron chi connectivity index (χ2n) is 4.52. The van der Waals surface area contributed by atoms with Crippen LogP contribution in [-0.2, 0) is 6.42 Å². The summed E-state index contributed by atoms with van der Waals surface area (Å²) in [5.74, 6) is 1.21. The highest BCUT2D eigenvalue weighted by Crippen LogP contribution is 2.38. The Morgan fingerprint density at radius 1 is 1.33 bits per heavy atom. The molecule has 1 N–H and O–H groups in total.